The Labute approximate surface area is 193 Å². The Balaban J connectivity index is 1.84. The predicted molar refractivity (Wildman–Crippen MR) is 126 cm³/mol. The molecule has 3 rings (SSSR count). The van der Waals surface area contributed by atoms with Crippen LogP contribution in [0.25, 0.3) is 0 Å². The molecule has 0 spiro atoms. The second kappa shape index (κ2) is 9.64. The molecule has 0 bridgehead atoms. The second-order valence-corrected chi connectivity index (χ2v) is 9.52. The van der Waals surface area contributed by atoms with Crippen molar-refractivity contribution in [3.63, 3.8) is 0 Å². The zero-order valence-corrected chi connectivity index (χ0v) is 19.7. The molecule has 178 valence electrons. The first kappa shape index (κ1) is 24.3. The lowest BCUT2D eigenvalue weighted by atomic mass is 10.0. The number of anilines is 3. The fourth-order valence-electron chi connectivity index (χ4n) is 3.58. The van der Waals surface area contributed by atoms with E-state index in [0.29, 0.717) is 5.69 Å². The highest BCUT2D eigenvalue weighted by atomic mass is 19.1. The van der Waals surface area contributed by atoms with E-state index in [-0.39, 0.29) is 35.2 Å². The van der Waals surface area contributed by atoms with Crippen molar-refractivity contribution in [2.24, 2.45) is 11.7 Å². The zero-order valence-electron chi connectivity index (χ0n) is 19.7. The van der Waals surface area contributed by atoms with Gasteiger partial charge in [0, 0.05) is 11.7 Å². The Morgan fingerprint density at radius 1 is 1.21 bits per heavy atom. The number of benzene rings is 1. The largest absolute Gasteiger partial charge is 0.444 e. The van der Waals surface area contributed by atoms with Crippen LogP contribution in [0.4, 0.5) is 26.5 Å². The van der Waals surface area contributed by atoms with Gasteiger partial charge >= 0.3 is 6.09 Å². The average molecular weight is 458 g/mol. The average Bonchev–Trinajstić information content (AvgIpc) is 3.51. The first-order valence-corrected chi connectivity index (χ1v) is 11.0. The maximum absolute atomic E-state index is 14.9. The number of aryl methyl sites for hydroxylation is 1. The van der Waals surface area contributed by atoms with Crippen LogP contribution in [-0.4, -0.2) is 34.7 Å². The molecule has 0 saturated heterocycles. The maximum atomic E-state index is 14.9. The summed E-state index contributed by atoms with van der Waals surface area (Å²) in [7, 11) is 0. The van der Waals surface area contributed by atoms with Crippen LogP contribution < -0.4 is 21.7 Å². The summed E-state index contributed by atoms with van der Waals surface area (Å²) in [5, 5.41) is 9.02. The van der Waals surface area contributed by atoms with Crippen LogP contribution in [0.15, 0.2) is 30.3 Å². The number of ether oxygens (including phenoxy) is 1. The van der Waals surface area contributed by atoms with E-state index < -0.39 is 23.4 Å². The van der Waals surface area contributed by atoms with E-state index in [1.807, 2.05) is 38.1 Å². The molecule has 1 fully saturated rings. The Hall–Kier alpha value is -3.36. The highest BCUT2D eigenvalue weighted by Gasteiger charge is 2.37. The van der Waals surface area contributed by atoms with Crippen molar-refractivity contribution in [2.45, 2.75) is 65.1 Å². The van der Waals surface area contributed by atoms with E-state index >= 15 is 0 Å². The second-order valence-electron chi connectivity index (χ2n) is 9.52. The van der Waals surface area contributed by atoms with Crippen molar-refractivity contribution in [2.75, 3.05) is 10.6 Å². The van der Waals surface area contributed by atoms with E-state index in [9.17, 15) is 14.0 Å². The van der Waals surface area contributed by atoms with Crippen LogP contribution in [-0.2, 0) is 4.74 Å². The van der Waals surface area contributed by atoms with Gasteiger partial charge in [0.2, 0.25) is 0 Å². The van der Waals surface area contributed by atoms with Crippen molar-refractivity contribution in [3.8, 4) is 0 Å². The summed E-state index contributed by atoms with van der Waals surface area (Å²) in [6.07, 6.45) is 1.36. The van der Waals surface area contributed by atoms with Crippen LogP contribution >= 0.6 is 0 Å². The van der Waals surface area contributed by atoms with Gasteiger partial charge in [-0.1, -0.05) is 12.1 Å². The van der Waals surface area contributed by atoms with Crippen molar-refractivity contribution >= 4 is 29.3 Å². The molecule has 1 aromatic heterocycles. The number of carbonyl (C=O) groups is 2. The number of rotatable bonds is 8. The highest BCUT2D eigenvalue weighted by Crippen LogP contribution is 2.36. The van der Waals surface area contributed by atoms with E-state index in [4.69, 9.17) is 10.5 Å². The third-order valence-electron chi connectivity index (χ3n) is 5.24. The van der Waals surface area contributed by atoms with E-state index in [2.05, 4.69) is 20.9 Å². The Kier molecular flexibility index (Phi) is 7.09. The van der Waals surface area contributed by atoms with Gasteiger partial charge in [0.05, 0.1) is 11.6 Å². The third-order valence-corrected chi connectivity index (χ3v) is 5.24. The molecule has 1 aromatic carbocycles. The molecular weight excluding hydrogens is 425 g/mol. The molecular formula is C24H32FN5O3. The summed E-state index contributed by atoms with van der Waals surface area (Å²) in [5.74, 6) is -1.11. The van der Waals surface area contributed by atoms with Gasteiger partial charge in [0.1, 0.15) is 11.4 Å². The molecule has 0 unspecified atom stereocenters. The minimum absolute atomic E-state index is 0.0232. The molecule has 2 amide bonds. The van der Waals surface area contributed by atoms with Crippen LogP contribution in [0.2, 0.25) is 0 Å². The molecule has 1 saturated carbocycles. The number of alkyl carbamates (subject to hydrolysis) is 1. The maximum Gasteiger partial charge on any atom is 0.407 e. The first-order chi connectivity index (χ1) is 15.4. The third kappa shape index (κ3) is 6.81. The molecule has 1 aliphatic carbocycles. The summed E-state index contributed by atoms with van der Waals surface area (Å²) in [4.78, 5) is 28.5. The fourth-order valence-corrected chi connectivity index (χ4v) is 3.58. The minimum Gasteiger partial charge on any atom is -0.444 e. The minimum atomic E-state index is -0.790. The lowest BCUT2D eigenvalue weighted by Gasteiger charge is -2.28. The topological polar surface area (TPSA) is 118 Å². The lowest BCUT2D eigenvalue weighted by Crippen LogP contribution is -2.47. The highest BCUT2D eigenvalue weighted by molar-refractivity contribution is 5.98. The molecule has 1 aliphatic rings. The number of carbonyl (C=O) groups excluding carboxylic acids is 2. The summed E-state index contributed by atoms with van der Waals surface area (Å²) >= 11 is 0. The van der Waals surface area contributed by atoms with Gasteiger partial charge in [0.15, 0.2) is 11.6 Å². The van der Waals surface area contributed by atoms with Gasteiger partial charge in [-0.05, 0) is 77.1 Å². The molecule has 5 N–H and O–H groups in total. The summed E-state index contributed by atoms with van der Waals surface area (Å²) in [6, 6.07) is 7.94. The monoisotopic (exact) mass is 457 g/mol. The Morgan fingerprint density at radius 2 is 1.91 bits per heavy atom. The van der Waals surface area contributed by atoms with Crippen molar-refractivity contribution in [1.82, 2.24) is 10.3 Å². The van der Waals surface area contributed by atoms with Gasteiger partial charge in [0.25, 0.3) is 5.91 Å². The number of primary amides is 1. The fraction of sp³-hybridized carbons (Fsp3) is 0.458. The number of nitrogens with two attached hydrogens (primary N) is 1. The molecule has 9 heteroatoms. The number of amides is 2. The first-order valence-electron chi connectivity index (χ1n) is 11.0. The zero-order chi connectivity index (χ0) is 24.3. The lowest BCUT2D eigenvalue weighted by molar-refractivity contribution is 0.0501. The van der Waals surface area contributed by atoms with Gasteiger partial charge in [-0.15, -0.1) is 0 Å². The molecule has 2 atom stereocenters. The van der Waals surface area contributed by atoms with Gasteiger partial charge in [-0.25, -0.2) is 14.2 Å². The molecule has 1 heterocycles. The van der Waals surface area contributed by atoms with Crippen molar-refractivity contribution < 1.29 is 18.7 Å². The van der Waals surface area contributed by atoms with Crippen LogP contribution in [0.3, 0.4) is 0 Å². The Morgan fingerprint density at radius 3 is 2.48 bits per heavy atom. The van der Waals surface area contributed by atoms with Gasteiger partial charge < -0.3 is 26.4 Å². The van der Waals surface area contributed by atoms with Crippen LogP contribution in [0, 0.1) is 18.7 Å². The van der Waals surface area contributed by atoms with E-state index in [1.165, 1.54) is 0 Å². The van der Waals surface area contributed by atoms with E-state index in [1.54, 1.807) is 20.8 Å². The summed E-state index contributed by atoms with van der Waals surface area (Å²) in [5.41, 5.74) is 6.49. The standard InChI is InChI=1S/C24H32FN5O3/c1-13-7-6-8-16(11-13)28-21-17(20(26)31)12-18(25)22(30-21)29-19(15-9-10-15)14(2)27-23(32)33-24(3,4)5/h6-8,11-12,14-15,19H,9-10H2,1-5H3,(H2,26,31)(H,27,32)(H2,28,29,30)/t14-,19-/m0/s1. The number of hydrogen-bond donors (Lipinski definition) is 4. The molecule has 0 radical (unpaired) electrons. The summed E-state index contributed by atoms with van der Waals surface area (Å²) in [6.45, 7) is 9.13. The Bertz CT molecular complexity index is 1030. The quantitative estimate of drug-likeness (QED) is 0.464. The van der Waals surface area contributed by atoms with Crippen molar-refractivity contribution in [1.29, 1.82) is 0 Å². The number of pyridine rings is 1. The number of aromatic nitrogens is 1. The van der Waals surface area contributed by atoms with E-state index in [0.717, 1.165) is 24.5 Å². The molecule has 8 nitrogen and oxygen atoms in total. The molecule has 2 aromatic rings. The smallest absolute Gasteiger partial charge is 0.407 e. The number of halogens is 1. The number of nitrogens with zero attached hydrogens (tertiary/aromatic N) is 1. The normalized spacial score (nSPS) is 15.3. The SMILES string of the molecule is Cc1cccc(Nc2nc(N[C@H](C3CC3)[C@H](C)NC(=O)OC(C)(C)C)c(F)cc2C(N)=O)c1. The van der Waals surface area contributed by atoms with Crippen LogP contribution in [0.5, 0.6) is 0 Å². The summed E-state index contributed by atoms with van der Waals surface area (Å²) < 4.78 is 20.3. The number of hydrogen-bond acceptors (Lipinski definition) is 6. The molecule has 33 heavy (non-hydrogen) atoms. The van der Waals surface area contributed by atoms with Crippen molar-refractivity contribution in [3.05, 3.63) is 47.3 Å². The predicted octanol–water partition coefficient (Wildman–Crippen LogP) is 4.48. The van der Waals surface area contributed by atoms with Crippen LogP contribution in [0.1, 0.15) is 56.5 Å². The van der Waals surface area contributed by atoms with Gasteiger partial charge in [-0.3, -0.25) is 4.79 Å². The van der Waals surface area contributed by atoms with Gasteiger partial charge in [-0.2, -0.15) is 0 Å². The molecule has 0 aliphatic heterocycles. The number of nitrogens with one attached hydrogen (secondary N) is 3.